The number of nitrogens with zero attached hydrogens (tertiary/aromatic N) is 2. The number of carbonyl (C=O) groups excluding carboxylic acids is 1. The predicted octanol–water partition coefficient (Wildman–Crippen LogP) is 0.241. The smallest absolute Gasteiger partial charge is 0.325 e. The van der Waals surface area contributed by atoms with Crippen molar-refractivity contribution in [3.8, 4) is 0 Å². The lowest BCUT2D eigenvalue weighted by atomic mass is 9.78. The summed E-state index contributed by atoms with van der Waals surface area (Å²) < 4.78 is 0. The molecule has 0 spiro atoms. The van der Waals surface area contributed by atoms with E-state index in [0.29, 0.717) is 5.69 Å². The molecule has 1 heterocycles. The van der Waals surface area contributed by atoms with Crippen LogP contribution in [0.2, 0.25) is 0 Å². The second kappa shape index (κ2) is 4.97. The van der Waals surface area contributed by atoms with E-state index in [4.69, 9.17) is 0 Å². The van der Waals surface area contributed by atoms with Crippen LogP contribution in [-0.4, -0.2) is 57.1 Å². The van der Waals surface area contributed by atoms with Crippen molar-refractivity contribution in [2.24, 2.45) is 5.41 Å². The fourth-order valence-corrected chi connectivity index (χ4v) is 2.87. The SMILES string of the molecule is CN(C)C=C1C(=O)[C@@](C)(c2cc[nH]n2)CC1(C(=O)O)C(=O)O. The lowest BCUT2D eigenvalue weighted by molar-refractivity contribution is -0.161. The quantitative estimate of drug-likeness (QED) is 0.537. The normalized spacial score (nSPS) is 25.4. The number of rotatable bonds is 4. The van der Waals surface area contributed by atoms with Crippen LogP contribution in [0.5, 0.6) is 0 Å². The summed E-state index contributed by atoms with van der Waals surface area (Å²) in [7, 11) is 3.19. The zero-order valence-electron chi connectivity index (χ0n) is 12.5. The van der Waals surface area contributed by atoms with Gasteiger partial charge in [0.25, 0.3) is 0 Å². The van der Waals surface area contributed by atoms with Crippen molar-refractivity contribution in [2.45, 2.75) is 18.8 Å². The minimum Gasteiger partial charge on any atom is -0.480 e. The molecule has 0 bridgehead atoms. The van der Waals surface area contributed by atoms with Gasteiger partial charge in [0.2, 0.25) is 0 Å². The molecule has 3 N–H and O–H groups in total. The third-order valence-electron chi connectivity index (χ3n) is 4.01. The van der Waals surface area contributed by atoms with E-state index in [9.17, 15) is 24.6 Å². The Morgan fingerprint density at radius 2 is 1.95 bits per heavy atom. The fourth-order valence-electron chi connectivity index (χ4n) is 2.87. The van der Waals surface area contributed by atoms with Crippen LogP contribution < -0.4 is 0 Å². The van der Waals surface area contributed by atoms with Gasteiger partial charge < -0.3 is 15.1 Å². The number of hydrogen-bond donors (Lipinski definition) is 3. The minimum atomic E-state index is -2.28. The van der Waals surface area contributed by atoms with Gasteiger partial charge in [0.1, 0.15) is 0 Å². The molecule has 1 atom stereocenters. The largest absolute Gasteiger partial charge is 0.480 e. The van der Waals surface area contributed by atoms with Crippen molar-refractivity contribution in [3.63, 3.8) is 0 Å². The Hall–Kier alpha value is -2.64. The van der Waals surface area contributed by atoms with E-state index in [1.807, 2.05) is 0 Å². The lowest BCUT2D eigenvalue weighted by Crippen LogP contribution is -2.40. The summed E-state index contributed by atoms with van der Waals surface area (Å²) in [6.07, 6.45) is 2.39. The summed E-state index contributed by atoms with van der Waals surface area (Å²) >= 11 is 0. The van der Waals surface area contributed by atoms with Gasteiger partial charge in [-0.15, -0.1) is 0 Å². The summed E-state index contributed by atoms with van der Waals surface area (Å²) in [5.74, 6) is -3.65. The molecule has 8 heteroatoms. The molecule has 1 fully saturated rings. The van der Waals surface area contributed by atoms with E-state index in [-0.39, 0.29) is 12.0 Å². The highest BCUT2D eigenvalue weighted by Crippen LogP contribution is 2.51. The number of H-pyrrole nitrogens is 1. The number of aliphatic carboxylic acids is 2. The van der Waals surface area contributed by atoms with E-state index in [0.717, 1.165) is 0 Å². The molecule has 0 saturated heterocycles. The molecule has 2 rings (SSSR count). The maximum atomic E-state index is 12.8. The maximum absolute atomic E-state index is 12.8. The standard InChI is InChI=1S/C14H17N3O5/c1-13(9-4-5-15-16-9)7-14(11(19)20,12(21)22)8(10(13)18)6-17(2)3/h4-6H,7H2,1-3H3,(H,15,16)(H,19,20)(H,21,22)/t13-/m1/s1. The Morgan fingerprint density at radius 1 is 1.36 bits per heavy atom. The first-order chi connectivity index (χ1) is 10.2. The van der Waals surface area contributed by atoms with Gasteiger partial charge in [0, 0.05) is 32.1 Å². The van der Waals surface area contributed by atoms with Crippen molar-refractivity contribution >= 4 is 17.7 Å². The number of carboxylic acids is 2. The highest BCUT2D eigenvalue weighted by Gasteiger charge is 2.65. The molecule has 1 aromatic rings. The lowest BCUT2D eigenvalue weighted by Gasteiger charge is -2.22. The van der Waals surface area contributed by atoms with Crippen molar-refractivity contribution in [3.05, 3.63) is 29.7 Å². The number of aromatic amines is 1. The number of carbonyl (C=O) groups is 3. The fraction of sp³-hybridized carbons (Fsp3) is 0.429. The van der Waals surface area contributed by atoms with Gasteiger partial charge in [-0.25, -0.2) is 0 Å². The summed E-state index contributed by atoms with van der Waals surface area (Å²) in [6.45, 7) is 1.52. The molecule has 0 radical (unpaired) electrons. The third-order valence-corrected chi connectivity index (χ3v) is 4.01. The Morgan fingerprint density at radius 3 is 2.36 bits per heavy atom. The van der Waals surface area contributed by atoms with E-state index in [1.54, 1.807) is 20.2 Å². The molecule has 0 amide bonds. The van der Waals surface area contributed by atoms with Crippen LogP contribution in [0.1, 0.15) is 19.0 Å². The maximum Gasteiger partial charge on any atom is 0.325 e. The van der Waals surface area contributed by atoms with Gasteiger partial charge in [-0.3, -0.25) is 19.5 Å². The monoisotopic (exact) mass is 307 g/mol. The van der Waals surface area contributed by atoms with Gasteiger partial charge in [-0.2, -0.15) is 5.10 Å². The highest BCUT2D eigenvalue weighted by atomic mass is 16.4. The predicted molar refractivity (Wildman–Crippen MR) is 75.0 cm³/mol. The number of carboxylic acid groups (broad SMARTS) is 2. The van der Waals surface area contributed by atoms with Crippen molar-refractivity contribution in [1.82, 2.24) is 15.1 Å². The van der Waals surface area contributed by atoms with E-state index in [2.05, 4.69) is 10.2 Å². The van der Waals surface area contributed by atoms with Crippen LogP contribution in [0.25, 0.3) is 0 Å². The first-order valence-corrected chi connectivity index (χ1v) is 6.57. The molecule has 8 nitrogen and oxygen atoms in total. The second-order valence-corrected chi connectivity index (χ2v) is 5.82. The first kappa shape index (κ1) is 15.7. The van der Waals surface area contributed by atoms with Crippen molar-refractivity contribution < 1.29 is 24.6 Å². The zero-order chi connectivity index (χ0) is 16.7. The topological polar surface area (TPSA) is 124 Å². The molecule has 0 aliphatic heterocycles. The Bertz CT molecular complexity index is 648. The number of nitrogens with one attached hydrogen (secondary N) is 1. The summed E-state index contributed by atoms with van der Waals surface area (Å²) in [5, 5.41) is 25.6. The summed E-state index contributed by atoms with van der Waals surface area (Å²) in [4.78, 5) is 37.8. The van der Waals surface area contributed by atoms with Gasteiger partial charge >= 0.3 is 11.9 Å². The number of hydrogen-bond acceptors (Lipinski definition) is 5. The molecule has 1 aliphatic rings. The molecular formula is C14H17N3O5. The van der Waals surface area contributed by atoms with Crippen LogP contribution in [0.4, 0.5) is 0 Å². The number of ketones is 1. The van der Waals surface area contributed by atoms with Crippen LogP contribution in [-0.2, 0) is 19.8 Å². The molecule has 0 aromatic carbocycles. The van der Waals surface area contributed by atoms with Crippen LogP contribution in [0.15, 0.2) is 24.0 Å². The molecular weight excluding hydrogens is 290 g/mol. The summed E-state index contributed by atoms with van der Waals surface area (Å²) in [5.41, 5.74) is -3.51. The van der Waals surface area contributed by atoms with E-state index < -0.39 is 28.6 Å². The Labute approximate surface area is 126 Å². The summed E-state index contributed by atoms with van der Waals surface area (Å²) in [6, 6.07) is 1.55. The molecule has 22 heavy (non-hydrogen) atoms. The second-order valence-electron chi connectivity index (χ2n) is 5.82. The van der Waals surface area contributed by atoms with Gasteiger partial charge in [0.15, 0.2) is 11.2 Å². The highest BCUT2D eigenvalue weighted by molar-refractivity contribution is 6.19. The zero-order valence-corrected chi connectivity index (χ0v) is 12.5. The molecule has 1 aromatic heterocycles. The van der Waals surface area contributed by atoms with Gasteiger partial charge in [0.05, 0.1) is 11.1 Å². The molecule has 1 aliphatic carbocycles. The van der Waals surface area contributed by atoms with Crippen molar-refractivity contribution in [2.75, 3.05) is 14.1 Å². The van der Waals surface area contributed by atoms with Gasteiger partial charge in [-0.1, -0.05) is 0 Å². The van der Waals surface area contributed by atoms with Gasteiger partial charge in [-0.05, 0) is 19.4 Å². The molecule has 118 valence electrons. The Balaban J connectivity index is 2.72. The number of Topliss-reactive ketones (excluding diaryl/α,β-unsaturated/α-hetero) is 1. The van der Waals surface area contributed by atoms with Crippen LogP contribution in [0, 0.1) is 5.41 Å². The minimum absolute atomic E-state index is 0.247. The third kappa shape index (κ3) is 1.99. The van der Waals surface area contributed by atoms with E-state index >= 15 is 0 Å². The molecule has 0 unspecified atom stereocenters. The Kier molecular flexibility index (Phi) is 3.56. The van der Waals surface area contributed by atoms with Crippen LogP contribution in [0.3, 0.4) is 0 Å². The average Bonchev–Trinajstić information content (AvgIpc) is 3.00. The van der Waals surface area contributed by atoms with E-state index in [1.165, 1.54) is 24.2 Å². The average molecular weight is 307 g/mol. The van der Waals surface area contributed by atoms with Crippen LogP contribution >= 0.6 is 0 Å². The number of aromatic nitrogens is 2. The first-order valence-electron chi connectivity index (χ1n) is 6.57. The van der Waals surface area contributed by atoms with Crippen molar-refractivity contribution in [1.29, 1.82) is 0 Å². The molecule has 1 saturated carbocycles.